The molecule has 0 unspecified atom stereocenters. The lowest BCUT2D eigenvalue weighted by molar-refractivity contribution is 0.170. The van der Waals surface area contributed by atoms with Crippen molar-refractivity contribution in [1.82, 2.24) is 4.98 Å². The van der Waals surface area contributed by atoms with Gasteiger partial charge in [-0.15, -0.1) is 0 Å². The Morgan fingerprint density at radius 2 is 2.19 bits per heavy atom. The monoisotopic (exact) mass is 225 g/mol. The number of methoxy groups -OCH3 is 1. The van der Waals surface area contributed by atoms with Crippen molar-refractivity contribution in [2.24, 2.45) is 5.41 Å². The smallest absolute Gasteiger partial charge is 0.215 e. The SMILES string of the molecule is COc1ccc(N)c(NCC(C)(C)CO)n1. The number of hydrogen-bond donors (Lipinski definition) is 3. The molecule has 1 aromatic heterocycles. The minimum absolute atomic E-state index is 0.101. The van der Waals surface area contributed by atoms with Crippen molar-refractivity contribution in [1.29, 1.82) is 0 Å². The van der Waals surface area contributed by atoms with Gasteiger partial charge in [0, 0.05) is 24.6 Å². The zero-order valence-electron chi connectivity index (χ0n) is 9.95. The van der Waals surface area contributed by atoms with Crippen LogP contribution >= 0.6 is 0 Å². The van der Waals surface area contributed by atoms with E-state index >= 15 is 0 Å². The van der Waals surface area contributed by atoms with Crippen molar-refractivity contribution in [2.45, 2.75) is 13.8 Å². The summed E-state index contributed by atoms with van der Waals surface area (Å²) in [5, 5.41) is 12.2. The Balaban J connectivity index is 2.73. The molecule has 0 aliphatic carbocycles. The number of rotatable bonds is 5. The fourth-order valence-electron chi connectivity index (χ4n) is 1.09. The number of nitrogens with two attached hydrogens (primary N) is 1. The third kappa shape index (κ3) is 3.27. The van der Waals surface area contributed by atoms with Crippen molar-refractivity contribution in [3.8, 4) is 5.88 Å². The first-order valence-electron chi connectivity index (χ1n) is 5.14. The van der Waals surface area contributed by atoms with Crippen LogP contribution in [0.2, 0.25) is 0 Å². The Morgan fingerprint density at radius 3 is 2.75 bits per heavy atom. The number of ether oxygens (including phenoxy) is 1. The maximum Gasteiger partial charge on any atom is 0.215 e. The molecule has 0 fully saturated rings. The van der Waals surface area contributed by atoms with E-state index in [2.05, 4.69) is 10.3 Å². The fourth-order valence-corrected chi connectivity index (χ4v) is 1.09. The van der Waals surface area contributed by atoms with Crippen LogP contribution in [0, 0.1) is 5.41 Å². The van der Waals surface area contributed by atoms with Crippen LogP contribution in [0.1, 0.15) is 13.8 Å². The molecule has 1 rings (SSSR count). The van der Waals surface area contributed by atoms with E-state index < -0.39 is 0 Å². The lowest BCUT2D eigenvalue weighted by atomic mass is 9.95. The van der Waals surface area contributed by atoms with E-state index in [-0.39, 0.29) is 12.0 Å². The summed E-state index contributed by atoms with van der Waals surface area (Å²) in [7, 11) is 1.56. The number of aliphatic hydroxyl groups is 1. The van der Waals surface area contributed by atoms with Crippen molar-refractivity contribution < 1.29 is 9.84 Å². The largest absolute Gasteiger partial charge is 0.481 e. The lowest BCUT2D eigenvalue weighted by Crippen LogP contribution is -2.27. The average Bonchev–Trinajstić information content (AvgIpc) is 2.28. The molecular weight excluding hydrogens is 206 g/mol. The highest BCUT2D eigenvalue weighted by molar-refractivity contribution is 5.61. The molecule has 90 valence electrons. The molecular formula is C11H19N3O2. The van der Waals surface area contributed by atoms with Gasteiger partial charge in [0.25, 0.3) is 0 Å². The van der Waals surface area contributed by atoms with Gasteiger partial charge in [0.05, 0.1) is 12.8 Å². The average molecular weight is 225 g/mol. The van der Waals surface area contributed by atoms with Crippen LogP contribution < -0.4 is 15.8 Å². The summed E-state index contributed by atoms with van der Waals surface area (Å²) < 4.78 is 5.01. The van der Waals surface area contributed by atoms with E-state index in [1.807, 2.05) is 13.8 Å². The second kappa shape index (κ2) is 5.03. The molecule has 1 heterocycles. The lowest BCUT2D eigenvalue weighted by Gasteiger charge is -2.22. The molecule has 5 nitrogen and oxygen atoms in total. The van der Waals surface area contributed by atoms with E-state index in [0.29, 0.717) is 23.9 Å². The van der Waals surface area contributed by atoms with Crippen molar-refractivity contribution in [2.75, 3.05) is 31.3 Å². The van der Waals surface area contributed by atoms with Crippen LogP contribution in [-0.2, 0) is 0 Å². The molecule has 1 aromatic rings. The van der Waals surface area contributed by atoms with E-state index in [1.165, 1.54) is 0 Å². The normalized spacial score (nSPS) is 11.2. The minimum Gasteiger partial charge on any atom is -0.481 e. The first-order chi connectivity index (χ1) is 7.48. The molecule has 5 heteroatoms. The van der Waals surface area contributed by atoms with Gasteiger partial charge in [0.2, 0.25) is 5.88 Å². The van der Waals surface area contributed by atoms with Crippen LogP contribution in [0.4, 0.5) is 11.5 Å². The third-order valence-corrected chi connectivity index (χ3v) is 2.27. The van der Waals surface area contributed by atoms with Crippen LogP contribution in [0.15, 0.2) is 12.1 Å². The molecule has 0 atom stereocenters. The molecule has 0 radical (unpaired) electrons. The number of nitrogens with one attached hydrogen (secondary N) is 1. The Labute approximate surface area is 95.6 Å². The van der Waals surface area contributed by atoms with Crippen LogP contribution in [0.3, 0.4) is 0 Å². The highest BCUT2D eigenvalue weighted by Crippen LogP contribution is 2.21. The Morgan fingerprint density at radius 1 is 1.50 bits per heavy atom. The van der Waals surface area contributed by atoms with Crippen LogP contribution in [0.5, 0.6) is 5.88 Å². The molecule has 0 bridgehead atoms. The van der Waals surface area contributed by atoms with Gasteiger partial charge in [-0.3, -0.25) is 0 Å². The number of pyridine rings is 1. The summed E-state index contributed by atoms with van der Waals surface area (Å²) in [6.07, 6.45) is 0. The first kappa shape index (κ1) is 12.6. The number of hydrogen-bond acceptors (Lipinski definition) is 5. The summed E-state index contributed by atoms with van der Waals surface area (Å²) in [5.74, 6) is 1.10. The second-order valence-corrected chi connectivity index (χ2v) is 4.47. The maximum absolute atomic E-state index is 9.13. The highest BCUT2D eigenvalue weighted by Gasteiger charge is 2.16. The zero-order chi connectivity index (χ0) is 12.2. The molecule has 0 saturated carbocycles. The zero-order valence-corrected chi connectivity index (χ0v) is 9.95. The summed E-state index contributed by atoms with van der Waals surface area (Å²) in [5.41, 5.74) is 6.13. The molecule has 0 spiro atoms. The minimum atomic E-state index is -0.211. The standard InChI is InChI=1S/C11H19N3O2/c1-11(2,7-15)6-13-10-8(12)4-5-9(14-10)16-3/h4-5,15H,6-7,12H2,1-3H3,(H,13,14). The van der Waals surface area contributed by atoms with Gasteiger partial charge in [-0.25, -0.2) is 0 Å². The van der Waals surface area contributed by atoms with E-state index in [9.17, 15) is 0 Å². The van der Waals surface area contributed by atoms with Gasteiger partial charge in [-0.1, -0.05) is 13.8 Å². The predicted octanol–water partition coefficient (Wildman–Crippen LogP) is 1.10. The highest BCUT2D eigenvalue weighted by atomic mass is 16.5. The summed E-state index contributed by atoms with van der Waals surface area (Å²) in [6, 6.07) is 3.44. The van der Waals surface area contributed by atoms with E-state index in [1.54, 1.807) is 19.2 Å². The fraction of sp³-hybridized carbons (Fsp3) is 0.545. The van der Waals surface area contributed by atoms with Crippen molar-refractivity contribution in [3.63, 3.8) is 0 Å². The number of anilines is 2. The molecule has 0 saturated heterocycles. The quantitative estimate of drug-likeness (QED) is 0.699. The van der Waals surface area contributed by atoms with Gasteiger partial charge in [0.1, 0.15) is 0 Å². The predicted molar refractivity (Wildman–Crippen MR) is 64.6 cm³/mol. The Kier molecular flexibility index (Phi) is 3.95. The van der Waals surface area contributed by atoms with Crippen molar-refractivity contribution >= 4 is 11.5 Å². The maximum atomic E-state index is 9.13. The van der Waals surface area contributed by atoms with Gasteiger partial charge in [-0.2, -0.15) is 4.98 Å². The molecule has 0 amide bonds. The van der Waals surface area contributed by atoms with Crippen molar-refractivity contribution in [3.05, 3.63) is 12.1 Å². The summed E-state index contributed by atoms with van der Waals surface area (Å²) in [6.45, 7) is 4.60. The molecule has 0 aliphatic heterocycles. The van der Waals surface area contributed by atoms with Gasteiger partial charge in [-0.05, 0) is 6.07 Å². The topological polar surface area (TPSA) is 80.4 Å². The molecule has 0 aromatic carbocycles. The summed E-state index contributed by atoms with van der Waals surface area (Å²) >= 11 is 0. The third-order valence-electron chi connectivity index (χ3n) is 2.27. The second-order valence-electron chi connectivity index (χ2n) is 4.47. The van der Waals surface area contributed by atoms with Gasteiger partial charge >= 0.3 is 0 Å². The number of aromatic nitrogens is 1. The molecule has 16 heavy (non-hydrogen) atoms. The Hall–Kier alpha value is -1.49. The number of nitrogen functional groups attached to an aromatic ring is 1. The van der Waals surface area contributed by atoms with Gasteiger partial charge < -0.3 is 20.9 Å². The van der Waals surface area contributed by atoms with Crippen LogP contribution in [-0.4, -0.2) is 30.4 Å². The molecule has 4 N–H and O–H groups in total. The first-order valence-corrected chi connectivity index (χ1v) is 5.14. The van der Waals surface area contributed by atoms with Gasteiger partial charge in [0.15, 0.2) is 5.82 Å². The number of nitrogens with zero attached hydrogens (tertiary/aromatic N) is 1. The molecule has 0 aliphatic rings. The van der Waals surface area contributed by atoms with E-state index in [4.69, 9.17) is 15.6 Å². The Bertz CT molecular complexity index is 353. The summed E-state index contributed by atoms with van der Waals surface area (Å²) in [4.78, 5) is 4.19. The van der Waals surface area contributed by atoms with Crippen LogP contribution in [0.25, 0.3) is 0 Å². The van der Waals surface area contributed by atoms with E-state index in [0.717, 1.165) is 0 Å². The number of aliphatic hydroxyl groups excluding tert-OH is 1.